The fraction of sp³-hybridized carbons (Fsp3) is 0.417. The standard InChI is InChI=1S/C12H13Cl4NO3S/c1-6(2)3-4-17-12(18)9-10(14)7(13)5-8(11(9)15)21(16,19)20/h5-6H,3-4H2,1-2H3,(H,17,18). The Morgan fingerprint density at radius 2 is 1.81 bits per heavy atom. The van der Waals surface area contributed by atoms with Crippen LogP contribution in [0.4, 0.5) is 0 Å². The number of carbonyl (C=O) groups is 1. The summed E-state index contributed by atoms with van der Waals surface area (Å²) in [5.74, 6) is -0.205. The van der Waals surface area contributed by atoms with Crippen LogP contribution in [0.2, 0.25) is 15.1 Å². The molecule has 1 rings (SSSR count). The van der Waals surface area contributed by atoms with Gasteiger partial charge in [-0.15, -0.1) is 0 Å². The molecule has 0 aliphatic heterocycles. The molecule has 4 nitrogen and oxygen atoms in total. The van der Waals surface area contributed by atoms with Gasteiger partial charge in [0.05, 0.1) is 20.6 Å². The number of benzene rings is 1. The zero-order chi connectivity index (χ0) is 16.4. The van der Waals surface area contributed by atoms with Gasteiger partial charge in [0.1, 0.15) is 4.90 Å². The molecule has 0 aliphatic carbocycles. The van der Waals surface area contributed by atoms with Crippen molar-refractivity contribution in [3.05, 3.63) is 26.7 Å². The van der Waals surface area contributed by atoms with Crippen molar-refractivity contribution in [2.45, 2.75) is 25.2 Å². The predicted octanol–water partition coefficient (Wildman–Crippen LogP) is 4.35. The molecule has 0 unspecified atom stereocenters. The zero-order valence-corrected chi connectivity index (χ0v) is 15.1. The van der Waals surface area contributed by atoms with Gasteiger partial charge in [0, 0.05) is 17.2 Å². The summed E-state index contributed by atoms with van der Waals surface area (Å²) in [6.45, 7) is 4.41. The third-order valence-corrected chi connectivity index (χ3v) is 5.26. The molecule has 0 saturated heterocycles. The minimum Gasteiger partial charge on any atom is -0.352 e. The number of amides is 1. The Morgan fingerprint density at radius 1 is 1.24 bits per heavy atom. The van der Waals surface area contributed by atoms with Crippen LogP contribution in [-0.4, -0.2) is 20.9 Å². The summed E-state index contributed by atoms with van der Waals surface area (Å²) >= 11 is 17.7. The lowest BCUT2D eigenvalue weighted by atomic mass is 10.1. The van der Waals surface area contributed by atoms with Gasteiger partial charge in [-0.3, -0.25) is 4.79 Å². The Labute approximate surface area is 143 Å². The Bertz CT molecular complexity index is 659. The fourth-order valence-corrected chi connectivity index (χ4v) is 3.67. The number of halogens is 4. The third-order valence-electron chi connectivity index (χ3n) is 2.62. The van der Waals surface area contributed by atoms with Crippen LogP contribution in [0.25, 0.3) is 0 Å². The van der Waals surface area contributed by atoms with Crippen molar-refractivity contribution in [3.63, 3.8) is 0 Å². The fourth-order valence-electron chi connectivity index (χ4n) is 1.52. The normalized spacial score (nSPS) is 11.8. The van der Waals surface area contributed by atoms with Crippen LogP contribution in [0.5, 0.6) is 0 Å². The van der Waals surface area contributed by atoms with Crippen molar-refractivity contribution in [1.82, 2.24) is 5.32 Å². The molecule has 0 fully saturated rings. The number of hydrogen-bond donors (Lipinski definition) is 1. The van der Waals surface area contributed by atoms with Crippen molar-refractivity contribution < 1.29 is 13.2 Å². The van der Waals surface area contributed by atoms with Crippen LogP contribution < -0.4 is 5.32 Å². The van der Waals surface area contributed by atoms with Crippen LogP contribution >= 0.6 is 45.5 Å². The van der Waals surface area contributed by atoms with E-state index in [0.717, 1.165) is 12.5 Å². The number of carbonyl (C=O) groups excluding carboxylic acids is 1. The van der Waals surface area contributed by atoms with Crippen LogP contribution in [0.15, 0.2) is 11.0 Å². The lowest BCUT2D eigenvalue weighted by molar-refractivity contribution is 0.0952. The van der Waals surface area contributed by atoms with E-state index in [1.165, 1.54) is 0 Å². The number of rotatable bonds is 5. The minimum absolute atomic E-state index is 0.116. The maximum Gasteiger partial charge on any atom is 0.262 e. The molecule has 1 N–H and O–H groups in total. The third kappa shape index (κ3) is 4.89. The number of hydrogen-bond acceptors (Lipinski definition) is 3. The highest BCUT2D eigenvalue weighted by Gasteiger charge is 2.26. The van der Waals surface area contributed by atoms with Gasteiger partial charge in [0.25, 0.3) is 15.0 Å². The van der Waals surface area contributed by atoms with E-state index in [0.29, 0.717) is 12.5 Å². The predicted molar refractivity (Wildman–Crippen MR) is 86.3 cm³/mol. The lowest BCUT2D eigenvalue weighted by Gasteiger charge is -2.12. The summed E-state index contributed by atoms with van der Waals surface area (Å²) in [6.07, 6.45) is 0.752. The molecule has 0 spiro atoms. The molecule has 0 aliphatic rings. The van der Waals surface area contributed by atoms with E-state index in [-0.39, 0.29) is 20.6 Å². The van der Waals surface area contributed by atoms with E-state index in [9.17, 15) is 13.2 Å². The summed E-state index contributed by atoms with van der Waals surface area (Å²) < 4.78 is 22.9. The van der Waals surface area contributed by atoms with E-state index in [4.69, 9.17) is 45.5 Å². The first-order valence-corrected chi connectivity index (χ1v) is 9.40. The molecule has 0 heterocycles. The van der Waals surface area contributed by atoms with E-state index >= 15 is 0 Å². The van der Waals surface area contributed by atoms with Crippen LogP contribution in [0.3, 0.4) is 0 Å². The Balaban J connectivity index is 3.23. The highest BCUT2D eigenvalue weighted by molar-refractivity contribution is 8.13. The summed E-state index contributed by atoms with van der Waals surface area (Å²) in [6, 6.07) is 1.01. The molecular formula is C12H13Cl4NO3S. The summed E-state index contributed by atoms with van der Waals surface area (Å²) in [5, 5.41) is 2.03. The Morgan fingerprint density at radius 3 is 2.29 bits per heavy atom. The van der Waals surface area contributed by atoms with Gasteiger partial charge in [0.15, 0.2) is 0 Å². The molecular weight excluding hydrogens is 380 g/mol. The average Bonchev–Trinajstić information content (AvgIpc) is 2.32. The van der Waals surface area contributed by atoms with E-state index < -0.39 is 19.9 Å². The van der Waals surface area contributed by atoms with Crippen molar-refractivity contribution >= 4 is 60.4 Å². The van der Waals surface area contributed by atoms with Gasteiger partial charge < -0.3 is 5.32 Å². The molecule has 118 valence electrons. The molecule has 0 bridgehead atoms. The Hall–Kier alpha value is -0.200. The second-order valence-corrected chi connectivity index (χ2v) is 8.43. The molecule has 0 aromatic heterocycles. The Kier molecular flexibility index (Phi) is 6.62. The molecule has 21 heavy (non-hydrogen) atoms. The maximum absolute atomic E-state index is 12.1. The first-order valence-electron chi connectivity index (χ1n) is 5.96. The quantitative estimate of drug-likeness (QED) is 0.598. The highest BCUT2D eigenvalue weighted by atomic mass is 35.7. The van der Waals surface area contributed by atoms with Crippen molar-refractivity contribution in [2.24, 2.45) is 5.92 Å². The van der Waals surface area contributed by atoms with Crippen molar-refractivity contribution in [1.29, 1.82) is 0 Å². The second-order valence-electron chi connectivity index (χ2n) is 4.74. The first-order chi connectivity index (χ1) is 9.55. The second kappa shape index (κ2) is 7.38. The average molecular weight is 393 g/mol. The molecule has 0 radical (unpaired) electrons. The van der Waals surface area contributed by atoms with Gasteiger partial charge in [-0.05, 0) is 18.4 Å². The van der Waals surface area contributed by atoms with Crippen LogP contribution in [0.1, 0.15) is 30.6 Å². The van der Waals surface area contributed by atoms with Gasteiger partial charge in [0.2, 0.25) is 0 Å². The monoisotopic (exact) mass is 391 g/mol. The zero-order valence-electron chi connectivity index (χ0n) is 11.2. The highest BCUT2D eigenvalue weighted by Crippen LogP contribution is 2.37. The van der Waals surface area contributed by atoms with Gasteiger partial charge >= 0.3 is 0 Å². The minimum atomic E-state index is -4.15. The molecule has 9 heteroatoms. The van der Waals surface area contributed by atoms with E-state index in [2.05, 4.69) is 5.32 Å². The van der Waals surface area contributed by atoms with Crippen molar-refractivity contribution in [3.8, 4) is 0 Å². The largest absolute Gasteiger partial charge is 0.352 e. The molecule has 1 aromatic carbocycles. The molecule has 1 aromatic rings. The first kappa shape index (κ1) is 18.8. The molecule has 0 atom stereocenters. The van der Waals surface area contributed by atoms with E-state index in [1.807, 2.05) is 13.8 Å². The van der Waals surface area contributed by atoms with Crippen molar-refractivity contribution in [2.75, 3.05) is 6.54 Å². The van der Waals surface area contributed by atoms with Gasteiger partial charge in [-0.2, -0.15) is 0 Å². The summed E-state index contributed by atoms with van der Waals surface area (Å²) in [5.41, 5.74) is -0.200. The van der Waals surface area contributed by atoms with Crippen LogP contribution in [0, 0.1) is 5.92 Å². The summed E-state index contributed by atoms with van der Waals surface area (Å²) in [7, 11) is 1.12. The molecule has 1 amide bonds. The maximum atomic E-state index is 12.1. The van der Waals surface area contributed by atoms with Crippen LogP contribution in [-0.2, 0) is 9.05 Å². The lowest BCUT2D eigenvalue weighted by Crippen LogP contribution is -2.26. The van der Waals surface area contributed by atoms with Gasteiger partial charge in [-0.1, -0.05) is 48.7 Å². The molecule has 0 saturated carbocycles. The smallest absolute Gasteiger partial charge is 0.262 e. The SMILES string of the molecule is CC(C)CCNC(=O)c1c(Cl)c(Cl)cc(S(=O)(=O)Cl)c1Cl. The topological polar surface area (TPSA) is 63.2 Å². The summed E-state index contributed by atoms with van der Waals surface area (Å²) in [4.78, 5) is 11.7. The van der Waals surface area contributed by atoms with Gasteiger partial charge in [-0.25, -0.2) is 8.42 Å². The number of nitrogens with one attached hydrogen (secondary N) is 1. The van der Waals surface area contributed by atoms with E-state index in [1.54, 1.807) is 0 Å².